The Kier molecular flexibility index (Phi) is 3.81. The van der Waals surface area contributed by atoms with E-state index in [-0.39, 0.29) is 11.9 Å². The number of imidazole rings is 1. The average Bonchev–Trinajstić information content (AvgIpc) is 3.45. The highest BCUT2D eigenvalue weighted by molar-refractivity contribution is 6.04. The summed E-state index contributed by atoms with van der Waals surface area (Å²) in [4.78, 5) is 38.9. The minimum absolute atomic E-state index is 0.0983. The molecule has 2 aliphatic rings. The lowest BCUT2D eigenvalue weighted by Crippen LogP contribution is -2.53. The Morgan fingerprint density at radius 2 is 1.96 bits per heavy atom. The van der Waals surface area contributed by atoms with E-state index in [0.29, 0.717) is 23.5 Å². The Morgan fingerprint density at radius 1 is 1.11 bits per heavy atom. The molecule has 142 valence electrons. The fraction of sp³-hybridized carbons (Fsp3) is 0.368. The number of aromatic nitrogens is 6. The third-order valence-electron chi connectivity index (χ3n) is 5.27. The number of carbonyl (C=O) groups is 1. The number of nitrogens with zero attached hydrogens (tertiary/aromatic N) is 8. The van der Waals surface area contributed by atoms with Crippen LogP contribution in [0.25, 0.3) is 17.5 Å². The van der Waals surface area contributed by atoms with Gasteiger partial charge in [-0.2, -0.15) is 4.98 Å². The second-order valence-electron chi connectivity index (χ2n) is 7.05. The molecule has 28 heavy (non-hydrogen) atoms. The molecule has 1 fully saturated rings. The first-order valence-corrected chi connectivity index (χ1v) is 9.42. The highest BCUT2D eigenvalue weighted by Crippen LogP contribution is 2.41. The third-order valence-corrected chi connectivity index (χ3v) is 5.27. The monoisotopic (exact) mass is 376 g/mol. The van der Waals surface area contributed by atoms with Gasteiger partial charge < -0.3 is 9.80 Å². The lowest BCUT2D eigenvalue weighted by atomic mass is 10.1. The number of rotatable bonds is 4. The van der Waals surface area contributed by atoms with Crippen molar-refractivity contribution < 1.29 is 4.79 Å². The maximum absolute atomic E-state index is 12.8. The van der Waals surface area contributed by atoms with E-state index in [1.54, 1.807) is 47.5 Å². The Bertz CT molecular complexity index is 1030. The predicted octanol–water partition coefficient (Wildman–Crippen LogP) is 1.84. The standard InChI is InChI=1S/C19H20N8O/c1-3-14-18(28)25(2)15-11-23-19(24-17(15)27(14)12-4-5-12)26-9-8-22-16(26)13-10-20-6-7-21-13/h6-12,14H,3-5H2,1-2H3. The minimum atomic E-state index is -0.185. The van der Waals surface area contributed by atoms with Gasteiger partial charge in [-0.3, -0.25) is 14.3 Å². The van der Waals surface area contributed by atoms with Gasteiger partial charge in [-0.15, -0.1) is 0 Å². The second kappa shape index (κ2) is 6.36. The molecule has 0 spiro atoms. The zero-order chi connectivity index (χ0) is 19.3. The number of anilines is 2. The first kappa shape index (κ1) is 16.8. The fourth-order valence-corrected chi connectivity index (χ4v) is 3.73. The van der Waals surface area contributed by atoms with Crippen LogP contribution in [0.5, 0.6) is 0 Å². The van der Waals surface area contributed by atoms with E-state index in [0.717, 1.165) is 30.8 Å². The Balaban J connectivity index is 1.63. The lowest BCUT2D eigenvalue weighted by Gasteiger charge is -2.40. The van der Waals surface area contributed by atoms with Crippen molar-refractivity contribution >= 4 is 17.4 Å². The molecule has 0 N–H and O–H groups in total. The van der Waals surface area contributed by atoms with Crippen LogP contribution < -0.4 is 9.80 Å². The summed E-state index contributed by atoms with van der Waals surface area (Å²) in [7, 11) is 1.79. The normalized spacial score (nSPS) is 19.1. The smallest absolute Gasteiger partial charge is 0.249 e. The summed E-state index contributed by atoms with van der Waals surface area (Å²) in [6, 6.07) is 0.182. The Labute approximate surface area is 162 Å². The van der Waals surface area contributed by atoms with Crippen LogP contribution in [-0.2, 0) is 4.79 Å². The van der Waals surface area contributed by atoms with E-state index in [4.69, 9.17) is 4.98 Å². The van der Waals surface area contributed by atoms with Crippen LogP contribution in [0, 0.1) is 0 Å². The maximum atomic E-state index is 12.8. The molecule has 4 heterocycles. The van der Waals surface area contributed by atoms with E-state index < -0.39 is 0 Å². The Morgan fingerprint density at radius 3 is 2.68 bits per heavy atom. The van der Waals surface area contributed by atoms with E-state index in [1.807, 2.05) is 13.1 Å². The number of amides is 1. The summed E-state index contributed by atoms with van der Waals surface area (Å²) in [6.07, 6.45) is 13.0. The summed E-state index contributed by atoms with van der Waals surface area (Å²) < 4.78 is 1.80. The molecule has 0 radical (unpaired) electrons. The molecule has 5 rings (SSSR count). The summed E-state index contributed by atoms with van der Waals surface area (Å²) in [5.41, 5.74) is 1.39. The van der Waals surface area contributed by atoms with Crippen molar-refractivity contribution in [1.82, 2.24) is 29.5 Å². The predicted molar refractivity (Wildman–Crippen MR) is 103 cm³/mol. The average molecular weight is 376 g/mol. The third kappa shape index (κ3) is 2.54. The highest BCUT2D eigenvalue weighted by Gasteiger charge is 2.44. The molecule has 1 aliphatic heterocycles. The van der Waals surface area contributed by atoms with Gasteiger partial charge in [-0.1, -0.05) is 6.92 Å². The molecule has 3 aromatic rings. The quantitative estimate of drug-likeness (QED) is 0.686. The molecule has 0 aromatic carbocycles. The van der Waals surface area contributed by atoms with Gasteiger partial charge in [0.05, 0.1) is 12.4 Å². The number of hydrogen-bond donors (Lipinski definition) is 0. The molecular formula is C19H20N8O. The summed E-state index contributed by atoms with van der Waals surface area (Å²) >= 11 is 0. The van der Waals surface area contributed by atoms with Crippen molar-refractivity contribution in [3.05, 3.63) is 37.2 Å². The van der Waals surface area contributed by atoms with Gasteiger partial charge in [-0.05, 0) is 19.3 Å². The van der Waals surface area contributed by atoms with Crippen LogP contribution in [0.3, 0.4) is 0 Å². The number of hydrogen-bond acceptors (Lipinski definition) is 7. The fourth-order valence-electron chi connectivity index (χ4n) is 3.73. The van der Waals surface area contributed by atoms with Crippen LogP contribution in [0.1, 0.15) is 26.2 Å². The second-order valence-corrected chi connectivity index (χ2v) is 7.05. The van der Waals surface area contributed by atoms with Crippen LogP contribution in [0.4, 0.5) is 11.5 Å². The van der Waals surface area contributed by atoms with E-state index in [1.165, 1.54) is 0 Å². The number of fused-ring (bicyclic) bond motifs is 1. The van der Waals surface area contributed by atoms with Gasteiger partial charge in [0, 0.05) is 37.9 Å². The van der Waals surface area contributed by atoms with Crippen LogP contribution in [-0.4, -0.2) is 54.5 Å². The van der Waals surface area contributed by atoms with E-state index >= 15 is 0 Å². The van der Waals surface area contributed by atoms with Crippen LogP contribution >= 0.6 is 0 Å². The first-order valence-electron chi connectivity index (χ1n) is 9.42. The number of likely N-dealkylation sites (N-methyl/N-ethyl adjacent to an activating group) is 1. The van der Waals surface area contributed by atoms with Gasteiger partial charge >= 0.3 is 0 Å². The van der Waals surface area contributed by atoms with Gasteiger partial charge in [0.2, 0.25) is 11.9 Å². The van der Waals surface area contributed by atoms with Crippen LogP contribution in [0.15, 0.2) is 37.2 Å². The van der Waals surface area contributed by atoms with Gasteiger partial charge in [0.25, 0.3) is 0 Å². The van der Waals surface area contributed by atoms with E-state index in [9.17, 15) is 4.79 Å². The highest BCUT2D eigenvalue weighted by atomic mass is 16.2. The van der Waals surface area contributed by atoms with E-state index in [2.05, 4.69) is 24.8 Å². The number of carbonyl (C=O) groups excluding carboxylic acids is 1. The van der Waals surface area contributed by atoms with Gasteiger partial charge in [0.15, 0.2) is 11.6 Å². The Hall–Kier alpha value is -3.36. The molecule has 1 aliphatic carbocycles. The molecule has 9 heteroatoms. The molecular weight excluding hydrogens is 356 g/mol. The maximum Gasteiger partial charge on any atom is 0.249 e. The van der Waals surface area contributed by atoms with Crippen molar-refractivity contribution in [2.75, 3.05) is 16.8 Å². The molecule has 0 saturated heterocycles. The van der Waals surface area contributed by atoms with Crippen LogP contribution in [0.2, 0.25) is 0 Å². The van der Waals surface area contributed by atoms with Crippen molar-refractivity contribution in [3.63, 3.8) is 0 Å². The topological polar surface area (TPSA) is 92.9 Å². The molecule has 1 amide bonds. The minimum Gasteiger partial charge on any atom is -0.340 e. The van der Waals surface area contributed by atoms with Crippen molar-refractivity contribution in [2.24, 2.45) is 0 Å². The summed E-state index contributed by atoms with van der Waals surface area (Å²) in [5, 5.41) is 0. The van der Waals surface area contributed by atoms with Crippen molar-refractivity contribution in [1.29, 1.82) is 0 Å². The molecule has 1 saturated carbocycles. The van der Waals surface area contributed by atoms with Gasteiger partial charge in [-0.25, -0.2) is 15.0 Å². The van der Waals surface area contributed by atoms with Crippen molar-refractivity contribution in [2.45, 2.75) is 38.3 Å². The zero-order valence-corrected chi connectivity index (χ0v) is 15.7. The molecule has 0 bridgehead atoms. The largest absolute Gasteiger partial charge is 0.340 e. The SMILES string of the molecule is CCC1C(=O)N(C)c2cnc(-n3ccnc3-c3cnccn3)nc2N1C1CC1. The zero-order valence-electron chi connectivity index (χ0n) is 15.7. The molecule has 1 unspecified atom stereocenters. The first-order chi connectivity index (χ1) is 13.7. The summed E-state index contributed by atoms with van der Waals surface area (Å²) in [6.45, 7) is 2.04. The summed E-state index contributed by atoms with van der Waals surface area (Å²) in [5.74, 6) is 2.03. The molecule has 9 nitrogen and oxygen atoms in total. The molecule has 1 atom stereocenters. The van der Waals surface area contributed by atoms with Gasteiger partial charge in [0.1, 0.15) is 17.4 Å². The molecule has 3 aromatic heterocycles. The van der Waals surface area contributed by atoms with Crippen molar-refractivity contribution in [3.8, 4) is 17.5 Å². The lowest BCUT2D eigenvalue weighted by molar-refractivity contribution is -0.120.